The van der Waals surface area contributed by atoms with E-state index in [1.165, 1.54) is 11.5 Å². The zero-order valence-electron chi connectivity index (χ0n) is 3.22. The largest absolute Gasteiger partial charge is 0.509 e. The zero-order chi connectivity index (χ0) is 4.99. The van der Waals surface area contributed by atoms with E-state index >= 15 is 0 Å². The fourth-order valence-corrected chi connectivity index (χ4v) is 0.236. The van der Waals surface area contributed by atoms with Gasteiger partial charge in [0.2, 0.25) is 0 Å². The summed E-state index contributed by atoms with van der Waals surface area (Å²) >= 11 is 4.33. The number of aliphatic hydroxyl groups excluding tert-OH is 1. The van der Waals surface area contributed by atoms with Crippen LogP contribution < -0.4 is 0 Å². The maximum atomic E-state index is 8.20. The minimum atomic E-state index is 0.00463. The molecular formula is C4H5OS. The molecule has 0 atom stereocenters. The van der Waals surface area contributed by atoms with E-state index in [-0.39, 0.29) is 5.76 Å². The highest BCUT2D eigenvalue weighted by molar-refractivity contribution is 7.83. The first-order valence-electron chi connectivity index (χ1n) is 1.43. The third-order valence-electron chi connectivity index (χ3n) is 0.260. The number of allylic oxidation sites excluding steroid dienone is 1. The van der Waals surface area contributed by atoms with Crippen molar-refractivity contribution in [2.75, 3.05) is 0 Å². The van der Waals surface area contributed by atoms with E-state index in [0.29, 0.717) is 0 Å². The van der Waals surface area contributed by atoms with E-state index in [0.717, 1.165) is 0 Å². The van der Waals surface area contributed by atoms with Gasteiger partial charge in [0, 0.05) is 5.41 Å². The van der Waals surface area contributed by atoms with Crippen LogP contribution in [0.1, 0.15) is 0 Å². The molecular weight excluding hydrogens is 96.1 g/mol. The molecule has 0 heterocycles. The van der Waals surface area contributed by atoms with Crippen LogP contribution in [0.15, 0.2) is 23.8 Å². The first kappa shape index (κ1) is 5.50. The molecule has 0 rings (SSSR count). The minimum Gasteiger partial charge on any atom is -0.509 e. The Labute approximate surface area is 42.4 Å². The molecule has 0 aromatic carbocycles. The third-order valence-corrected chi connectivity index (χ3v) is 0.397. The van der Waals surface area contributed by atoms with E-state index in [9.17, 15) is 0 Å². The lowest BCUT2D eigenvalue weighted by Gasteiger charge is -1.75. The summed E-state index contributed by atoms with van der Waals surface area (Å²) in [5.41, 5.74) is 0. The molecule has 0 spiro atoms. The summed E-state index contributed by atoms with van der Waals surface area (Å²) in [6.45, 7) is 3.15. The fourth-order valence-electron chi connectivity index (χ4n) is 0.0785. The van der Waals surface area contributed by atoms with Crippen molar-refractivity contribution < 1.29 is 5.11 Å². The third kappa shape index (κ3) is 3.50. The zero-order valence-corrected chi connectivity index (χ0v) is 4.03. The molecule has 1 N–H and O–H groups in total. The van der Waals surface area contributed by atoms with Gasteiger partial charge >= 0.3 is 0 Å². The molecule has 2 heteroatoms. The highest BCUT2D eigenvalue weighted by atomic mass is 32.1. The lowest BCUT2D eigenvalue weighted by Crippen LogP contribution is -1.61. The quantitative estimate of drug-likeness (QED) is 0.394. The molecule has 0 saturated carbocycles. The van der Waals surface area contributed by atoms with Crippen molar-refractivity contribution in [2.45, 2.75) is 0 Å². The van der Waals surface area contributed by atoms with Crippen LogP contribution in [0.3, 0.4) is 0 Å². The average molecular weight is 101 g/mol. The molecule has 0 aliphatic rings. The smallest absolute Gasteiger partial charge is 0.109 e. The second-order valence-corrected chi connectivity index (χ2v) is 1.07. The lowest BCUT2D eigenvalue weighted by atomic mass is 10.6. The van der Waals surface area contributed by atoms with E-state index in [4.69, 9.17) is 5.11 Å². The number of hydrogen-bond donors (Lipinski definition) is 1. The first-order chi connectivity index (χ1) is 2.77. The first-order valence-corrected chi connectivity index (χ1v) is 1.91. The van der Waals surface area contributed by atoms with E-state index in [1.807, 2.05) is 0 Å². The predicted molar refractivity (Wildman–Crippen MR) is 28.5 cm³/mol. The molecule has 1 radical (unpaired) electrons. The molecule has 0 saturated heterocycles. The topological polar surface area (TPSA) is 20.2 Å². The van der Waals surface area contributed by atoms with Crippen LogP contribution >= 0.6 is 12.6 Å². The molecule has 0 bridgehead atoms. The SMILES string of the molecule is C=C(O)/C=C/[S]. The Morgan fingerprint density at radius 2 is 2.33 bits per heavy atom. The van der Waals surface area contributed by atoms with Crippen LogP contribution in [0.25, 0.3) is 0 Å². The van der Waals surface area contributed by atoms with Gasteiger partial charge in [0.05, 0.1) is 0 Å². The van der Waals surface area contributed by atoms with Gasteiger partial charge in [-0.15, -0.1) is 0 Å². The van der Waals surface area contributed by atoms with Crippen molar-refractivity contribution in [3.63, 3.8) is 0 Å². The Balaban J connectivity index is 3.30. The molecule has 0 aromatic rings. The maximum absolute atomic E-state index is 8.20. The van der Waals surface area contributed by atoms with Crippen LogP contribution in [-0.4, -0.2) is 5.11 Å². The van der Waals surface area contributed by atoms with Gasteiger partial charge in [-0.1, -0.05) is 19.2 Å². The van der Waals surface area contributed by atoms with Gasteiger partial charge in [0.25, 0.3) is 0 Å². The average Bonchev–Trinajstić information content (AvgIpc) is 1.35. The Morgan fingerprint density at radius 1 is 1.83 bits per heavy atom. The molecule has 6 heavy (non-hydrogen) atoms. The van der Waals surface area contributed by atoms with Crippen molar-refractivity contribution in [3.8, 4) is 0 Å². The minimum absolute atomic E-state index is 0.00463. The number of rotatable bonds is 1. The number of hydrogen-bond acceptors (Lipinski definition) is 1. The van der Waals surface area contributed by atoms with E-state index in [2.05, 4.69) is 19.2 Å². The molecule has 0 amide bonds. The summed E-state index contributed by atoms with van der Waals surface area (Å²) in [5, 5.41) is 9.51. The summed E-state index contributed by atoms with van der Waals surface area (Å²) < 4.78 is 0. The van der Waals surface area contributed by atoms with Crippen molar-refractivity contribution in [3.05, 3.63) is 23.8 Å². The highest BCUT2D eigenvalue weighted by Crippen LogP contribution is 1.84. The predicted octanol–water partition coefficient (Wildman–Crippen LogP) is 1.77. The van der Waals surface area contributed by atoms with E-state index in [1.54, 1.807) is 0 Å². The van der Waals surface area contributed by atoms with Crippen LogP contribution in [0, 0.1) is 0 Å². The molecule has 0 aliphatic heterocycles. The summed E-state index contributed by atoms with van der Waals surface area (Å²) in [6.07, 6.45) is 1.34. The van der Waals surface area contributed by atoms with Crippen LogP contribution in [0.4, 0.5) is 0 Å². The van der Waals surface area contributed by atoms with Gasteiger partial charge < -0.3 is 5.11 Å². The van der Waals surface area contributed by atoms with E-state index < -0.39 is 0 Å². The Bertz CT molecular complexity index is 75.6. The van der Waals surface area contributed by atoms with Crippen molar-refractivity contribution >= 4 is 12.6 Å². The van der Waals surface area contributed by atoms with Gasteiger partial charge in [-0.2, -0.15) is 0 Å². The summed E-state index contributed by atoms with van der Waals surface area (Å²) in [5.74, 6) is 0.00463. The van der Waals surface area contributed by atoms with Gasteiger partial charge in [0.1, 0.15) is 5.76 Å². The monoisotopic (exact) mass is 101 g/mol. The van der Waals surface area contributed by atoms with Gasteiger partial charge in [0.15, 0.2) is 0 Å². The normalized spacial score (nSPS) is 9.33. The molecule has 33 valence electrons. The van der Waals surface area contributed by atoms with Crippen molar-refractivity contribution in [1.29, 1.82) is 0 Å². The lowest BCUT2D eigenvalue weighted by molar-refractivity contribution is 0.435. The standard InChI is InChI=1S/C4H5OS/c1-4(5)2-3-6/h2-3,5H,1H2/b3-2+. The fraction of sp³-hybridized carbons (Fsp3) is 0. The molecule has 0 fully saturated rings. The second kappa shape index (κ2) is 2.72. The number of aliphatic hydroxyl groups is 1. The molecule has 0 unspecified atom stereocenters. The van der Waals surface area contributed by atoms with Gasteiger partial charge in [-0.05, 0) is 6.08 Å². The molecule has 0 aromatic heterocycles. The van der Waals surface area contributed by atoms with Gasteiger partial charge in [-0.3, -0.25) is 0 Å². The Morgan fingerprint density at radius 3 is 2.33 bits per heavy atom. The maximum Gasteiger partial charge on any atom is 0.109 e. The van der Waals surface area contributed by atoms with Crippen molar-refractivity contribution in [2.24, 2.45) is 0 Å². The highest BCUT2D eigenvalue weighted by Gasteiger charge is 1.67. The Hall–Kier alpha value is -0.500. The van der Waals surface area contributed by atoms with Crippen LogP contribution in [0.5, 0.6) is 0 Å². The molecule has 0 aliphatic carbocycles. The van der Waals surface area contributed by atoms with Crippen LogP contribution in [-0.2, 0) is 0 Å². The molecule has 1 nitrogen and oxygen atoms in total. The van der Waals surface area contributed by atoms with Crippen molar-refractivity contribution in [1.82, 2.24) is 0 Å². The summed E-state index contributed by atoms with van der Waals surface area (Å²) in [6, 6.07) is 0. The Kier molecular flexibility index (Phi) is 2.50. The van der Waals surface area contributed by atoms with Gasteiger partial charge in [-0.25, -0.2) is 0 Å². The van der Waals surface area contributed by atoms with Crippen LogP contribution in [0.2, 0.25) is 0 Å². The summed E-state index contributed by atoms with van der Waals surface area (Å²) in [7, 11) is 0. The summed E-state index contributed by atoms with van der Waals surface area (Å²) in [4.78, 5) is 0. The second-order valence-electron chi connectivity index (χ2n) is 0.794.